The van der Waals surface area contributed by atoms with Crippen LogP contribution in [0, 0.1) is 5.92 Å². The lowest BCUT2D eigenvalue weighted by molar-refractivity contribution is -0.142. The van der Waals surface area contributed by atoms with Crippen molar-refractivity contribution in [3.63, 3.8) is 0 Å². The van der Waals surface area contributed by atoms with Crippen LogP contribution in [0.1, 0.15) is 41.1 Å². The Kier molecular flexibility index (Phi) is 7.96. The standard InChI is InChI=1S/C35H38N8O4/c1-39-14-9-28-31(39)37-23-43(34(28)46)22-35(47)11-16-41(17-12-35)33(45)27-10-15-42(21-29(27)24-6-4-3-5-7-24)32(44)26-18-25(19-36-20-26)30-8-13-38-40(30)2/h3-9,13-14,18-20,23,27,29,47H,10-12,15-17,21-22H2,1-2H3/t27-,29+/m1/s1. The van der Waals surface area contributed by atoms with Crippen LogP contribution in [-0.2, 0) is 25.4 Å². The first kappa shape index (κ1) is 30.5. The molecule has 12 heteroatoms. The number of rotatable bonds is 6. The van der Waals surface area contributed by atoms with Gasteiger partial charge in [-0.2, -0.15) is 5.10 Å². The van der Waals surface area contributed by atoms with Crippen LogP contribution in [0.3, 0.4) is 0 Å². The molecule has 6 heterocycles. The molecule has 7 rings (SSSR count). The first-order valence-corrected chi connectivity index (χ1v) is 16.0. The lowest BCUT2D eigenvalue weighted by Gasteiger charge is -2.43. The van der Waals surface area contributed by atoms with Crippen molar-refractivity contribution < 1.29 is 14.7 Å². The molecule has 2 saturated heterocycles. The van der Waals surface area contributed by atoms with Crippen molar-refractivity contribution in [2.75, 3.05) is 26.2 Å². The van der Waals surface area contributed by atoms with E-state index in [4.69, 9.17) is 0 Å². The van der Waals surface area contributed by atoms with E-state index >= 15 is 0 Å². The number of benzene rings is 1. The Morgan fingerprint density at radius 3 is 2.53 bits per heavy atom. The summed E-state index contributed by atoms with van der Waals surface area (Å²) in [6.07, 6.45) is 9.54. The molecule has 0 spiro atoms. The quantitative estimate of drug-likeness (QED) is 0.304. The molecule has 2 aliphatic heterocycles. The molecule has 1 N–H and O–H groups in total. The van der Waals surface area contributed by atoms with Crippen LogP contribution in [0.25, 0.3) is 22.3 Å². The fraction of sp³-hybridized carbons (Fsp3) is 0.371. The van der Waals surface area contributed by atoms with Gasteiger partial charge in [-0.25, -0.2) is 4.98 Å². The van der Waals surface area contributed by atoms with Gasteiger partial charge < -0.3 is 19.5 Å². The number of aryl methyl sites for hydroxylation is 2. The number of nitrogens with zero attached hydrogens (tertiary/aromatic N) is 8. The molecule has 0 radical (unpaired) electrons. The van der Waals surface area contributed by atoms with Crippen molar-refractivity contribution in [3.05, 3.63) is 101 Å². The first-order chi connectivity index (χ1) is 22.7. The molecule has 1 aromatic carbocycles. The Labute approximate surface area is 271 Å². The summed E-state index contributed by atoms with van der Waals surface area (Å²) in [4.78, 5) is 53.4. The number of hydrogen-bond donors (Lipinski definition) is 1. The summed E-state index contributed by atoms with van der Waals surface area (Å²) < 4.78 is 5.01. The zero-order valence-electron chi connectivity index (χ0n) is 26.6. The minimum absolute atomic E-state index is 0.0393. The van der Waals surface area contributed by atoms with Crippen LogP contribution in [-0.4, -0.2) is 87.4 Å². The summed E-state index contributed by atoms with van der Waals surface area (Å²) in [5, 5.41) is 16.2. The molecule has 0 unspecified atom stereocenters. The average molecular weight is 635 g/mol. The SMILES string of the molecule is Cn1nccc1-c1cncc(C(=O)N2CC[C@@H](C(=O)N3CCC(O)(Cn4cnc5c(ccn5C)c4=O)CC3)[C@H](c3ccccc3)C2)c1. The predicted octanol–water partition coefficient (Wildman–Crippen LogP) is 2.83. The van der Waals surface area contributed by atoms with Crippen molar-refractivity contribution in [2.45, 2.75) is 37.3 Å². The second-order valence-corrected chi connectivity index (χ2v) is 12.9. The maximum Gasteiger partial charge on any atom is 0.262 e. The number of carbonyl (C=O) groups is 2. The predicted molar refractivity (Wildman–Crippen MR) is 175 cm³/mol. The highest BCUT2D eigenvalue weighted by Crippen LogP contribution is 2.36. The molecule has 4 aromatic heterocycles. The van der Waals surface area contributed by atoms with E-state index in [-0.39, 0.29) is 35.8 Å². The number of likely N-dealkylation sites (tertiary alicyclic amines) is 2. The molecule has 0 bridgehead atoms. The van der Waals surface area contributed by atoms with Gasteiger partial charge in [-0.05, 0) is 43.0 Å². The van der Waals surface area contributed by atoms with Gasteiger partial charge in [-0.1, -0.05) is 30.3 Å². The average Bonchev–Trinajstić information content (AvgIpc) is 3.71. The summed E-state index contributed by atoms with van der Waals surface area (Å²) >= 11 is 0. The number of amides is 2. The fourth-order valence-electron chi connectivity index (χ4n) is 7.15. The summed E-state index contributed by atoms with van der Waals surface area (Å²) in [7, 11) is 3.69. The maximum atomic E-state index is 14.1. The van der Waals surface area contributed by atoms with Gasteiger partial charge in [0.25, 0.3) is 11.5 Å². The van der Waals surface area contributed by atoms with Gasteiger partial charge in [-0.15, -0.1) is 0 Å². The molecular weight excluding hydrogens is 596 g/mol. The number of hydrogen-bond acceptors (Lipinski definition) is 7. The zero-order valence-corrected chi connectivity index (χ0v) is 26.6. The number of aliphatic hydroxyl groups is 1. The molecule has 47 heavy (non-hydrogen) atoms. The van der Waals surface area contributed by atoms with Crippen molar-refractivity contribution in [3.8, 4) is 11.3 Å². The minimum Gasteiger partial charge on any atom is -0.388 e. The van der Waals surface area contributed by atoms with Gasteiger partial charge in [0.05, 0.1) is 28.8 Å². The van der Waals surface area contributed by atoms with Gasteiger partial charge in [0, 0.05) is 82.5 Å². The van der Waals surface area contributed by atoms with E-state index in [0.29, 0.717) is 62.0 Å². The lowest BCUT2D eigenvalue weighted by atomic mass is 9.79. The van der Waals surface area contributed by atoms with Crippen molar-refractivity contribution in [1.82, 2.24) is 38.7 Å². The molecule has 5 aromatic rings. The van der Waals surface area contributed by atoms with Gasteiger partial charge in [-0.3, -0.25) is 28.6 Å². The highest BCUT2D eigenvalue weighted by Gasteiger charge is 2.41. The molecule has 2 atom stereocenters. The monoisotopic (exact) mass is 634 g/mol. The highest BCUT2D eigenvalue weighted by molar-refractivity contribution is 5.95. The summed E-state index contributed by atoms with van der Waals surface area (Å²) in [5.41, 5.74) is 2.49. The van der Waals surface area contributed by atoms with Gasteiger partial charge in [0.2, 0.25) is 5.91 Å². The Bertz CT molecular complexity index is 1990. The number of piperidine rings is 2. The van der Waals surface area contributed by atoms with Crippen molar-refractivity contribution in [2.24, 2.45) is 20.0 Å². The first-order valence-electron chi connectivity index (χ1n) is 16.0. The third-order valence-electron chi connectivity index (χ3n) is 9.87. The Morgan fingerprint density at radius 2 is 1.79 bits per heavy atom. The molecule has 12 nitrogen and oxygen atoms in total. The Balaban J connectivity index is 1.05. The number of carbonyl (C=O) groups excluding carboxylic acids is 2. The van der Waals surface area contributed by atoms with E-state index < -0.39 is 5.60 Å². The molecule has 2 amide bonds. The van der Waals surface area contributed by atoms with E-state index in [9.17, 15) is 19.5 Å². The third-order valence-corrected chi connectivity index (χ3v) is 9.87. The van der Waals surface area contributed by atoms with Gasteiger partial charge in [0.15, 0.2) is 0 Å². The Hall–Kier alpha value is -5.10. The third kappa shape index (κ3) is 5.85. The molecule has 0 aliphatic carbocycles. The number of pyridine rings is 1. The van der Waals surface area contributed by atoms with Crippen molar-refractivity contribution >= 4 is 22.8 Å². The van der Waals surface area contributed by atoms with E-state index in [1.165, 1.54) is 10.9 Å². The topological polar surface area (TPSA) is 131 Å². The number of aromatic nitrogens is 6. The van der Waals surface area contributed by atoms with Gasteiger partial charge in [0.1, 0.15) is 12.0 Å². The number of fused-ring (bicyclic) bond motifs is 1. The molecule has 2 fully saturated rings. The summed E-state index contributed by atoms with van der Waals surface area (Å²) in [5.74, 6) is -0.566. The summed E-state index contributed by atoms with van der Waals surface area (Å²) in [6, 6.07) is 15.4. The molecule has 0 saturated carbocycles. The zero-order chi connectivity index (χ0) is 32.7. The largest absolute Gasteiger partial charge is 0.388 e. The summed E-state index contributed by atoms with van der Waals surface area (Å²) in [6.45, 7) is 1.75. The second-order valence-electron chi connectivity index (χ2n) is 12.9. The highest BCUT2D eigenvalue weighted by atomic mass is 16.3. The normalized spacial score (nSPS) is 19.6. The van der Waals surface area contributed by atoms with Crippen LogP contribution in [0.4, 0.5) is 0 Å². The van der Waals surface area contributed by atoms with E-state index in [2.05, 4.69) is 15.1 Å². The van der Waals surface area contributed by atoms with E-state index in [1.54, 1.807) is 40.1 Å². The van der Waals surface area contributed by atoms with Crippen LogP contribution >= 0.6 is 0 Å². The minimum atomic E-state index is -1.13. The van der Waals surface area contributed by atoms with Crippen LogP contribution in [0.5, 0.6) is 0 Å². The van der Waals surface area contributed by atoms with Crippen LogP contribution in [0.15, 0.2) is 84.4 Å². The lowest BCUT2D eigenvalue weighted by Crippen LogP contribution is -2.53. The smallest absolute Gasteiger partial charge is 0.262 e. The molecule has 2 aliphatic rings. The van der Waals surface area contributed by atoms with Gasteiger partial charge >= 0.3 is 0 Å². The molecular formula is C35H38N8O4. The van der Waals surface area contributed by atoms with E-state index in [1.807, 2.05) is 66.4 Å². The van der Waals surface area contributed by atoms with Crippen LogP contribution < -0.4 is 5.56 Å². The Morgan fingerprint density at radius 1 is 1.00 bits per heavy atom. The van der Waals surface area contributed by atoms with Crippen molar-refractivity contribution in [1.29, 1.82) is 0 Å². The van der Waals surface area contributed by atoms with Crippen LogP contribution in [0.2, 0.25) is 0 Å². The second kappa shape index (κ2) is 12.3. The van der Waals surface area contributed by atoms with E-state index in [0.717, 1.165) is 16.8 Å². The fourth-order valence-corrected chi connectivity index (χ4v) is 7.15. The molecule has 242 valence electrons. The maximum absolute atomic E-state index is 14.1.